The highest BCUT2D eigenvalue weighted by atomic mass is 19.2. The molecule has 1 aliphatic rings. The van der Waals surface area contributed by atoms with Crippen LogP contribution in [0.1, 0.15) is 56.9 Å². The molecule has 1 fully saturated rings. The average molecular weight is 513 g/mol. The minimum absolute atomic E-state index is 0.0672. The molecule has 2 nitrogen and oxygen atoms in total. The van der Waals surface area contributed by atoms with Gasteiger partial charge in [-0.25, -0.2) is 13.2 Å². The van der Waals surface area contributed by atoms with Crippen molar-refractivity contribution in [3.8, 4) is 28.0 Å². The molecular formula is C31H32F4O2. The van der Waals surface area contributed by atoms with Gasteiger partial charge in [-0.2, -0.15) is 4.39 Å². The predicted molar refractivity (Wildman–Crippen MR) is 139 cm³/mol. The molecule has 0 radical (unpaired) electrons. The molecule has 0 N–H and O–H groups in total. The Morgan fingerprint density at radius 2 is 1.51 bits per heavy atom. The SMILES string of the molecule is C=CCCC1CCC(c2ccc(-c3ccc(-c4ccc(OCCCC)c(F)c4F)cc3)c(F)c2F)CO1. The van der Waals surface area contributed by atoms with E-state index in [1.54, 1.807) is 36.4 Å². The first kappa shape index (κ1) is 26.9. The third-order valence-corrected chi connectivity index (χ3v) is 6.92. The van der Waals surface area contributed by atoms with Crippen LogP contribution in [0.4, 0.5) is 17.6 Å². The fourth-order valence-electron chi connectivity index (χ4n) is 4.71. The summed E-state index contributed by atoms with van der Waals surface area (Å²) in [5.74, 6) is -4.17. The van der Waals surface area contributed by atoms with Crippen LogP contribution in [0.3, 0.4) is 0 Å². The third kappa shape index (κ3) is 6.07. The van der Waals surface area contributed by atoms with Crippen molar-refractivity contribution in [2.24, 2.45) is 0 Å². The highest BCUT2D eigenvalue weighted by Crippen LogP contribution is 2.36. The number of hydrogen-bond donors (Lipinski definition) is 0. The molecule has 0 spiro atoms. The maximum absolute atomic E-state index is 15.1. The van der Waals surface area contributed by atoms with Gasteiger partial charge in [0.25, 0.3) is 0 Å². The predicted octanol–water partition coefficient (Wildman–Crippen LogP) is 8.98. The standard InChI is InChI=1S/C31H32F4O2/c1-3-5-7-23-13-12-22(19-37-23)26-15-14-24(28(32)29(26)33)20-8-10-21(11-9-20)25-16-17-27(31(35)30(25)34)36-18-6-4-2/h3,8-11,14-17,22-23H,1,4-7,12-13,18-19H2,2H3. The lowest BCUT2D eigenvalue weighted by molar-refractivity contribution is -0.000881. The first-order valence-electron chi connectivity index (χ1n) is 12.9. The quantitative estimate of drug-likeness (QED) is 0.153. The van der Waals surface area contributed by atoms with Crippen molar-refractivity contribution in [1.82, 2.24) is 0 Å². The first-order chi connectivity index (χ1) is 17.9. The largest absolute Gasteiger partial charge is 0.490 e. The molecule has 4 rings (SSSR count). The molecule has 2 unspecified atom stereocenters. The van der Waals surface area contributed by atoms with E-state index in [-0.39, 0.29) is 28.9 Å². The molecule has 0 saturated carbocycles. The molecule has 0 aromatic heterocycles. The molecule has 6 heteroatoms. The van der Waals surface area contributed by atoms with Crippen LogP contribution in [0.2, 0.25) is 0 Å². The van der Waals surface area contributed by atoms with Crippen molar-refractivity contribution < 1.29 is 27.0 Å². The molecule has 37 heavy (non-hydrogen) atoms. The summed E-state index contributed by atoms with van der Waals surface area (Å²) in [5, 5.41) is 0. The molecular weight excluding hydrogens is 480 g/mol. The highest BCUT2D eigenvalue weighted by Gasteiger charge is 2.27. The maximum atomic E-state index is 15.1. The number of unbranched alkanes of at least 4 members (excludes halogenated alkanes) is 1. The Kier molecular flexibility index (Phi) is 9.04. The molecule has 0 aliphatic carbocycles. The summed E-state index contributed by atoms with van der Waals surface area (Å²) in [5.41, 5.74) is 1.36. The second-order valence-electron chi connectivity index (χ2n) is 9.44. The van der Waals surface area contributed by atoms with Gasteiger partial charge in [0, 0.05) is 17.0 Å². The summed E-state index contributed by atoms with van der Waals surface area (Å²) in [4.78, 5) is 0. The lowest BCUT2D eigenvalue weighted by Gasteiger charge is -2.29. The van der Waals surface area contributed by atoms with Crippen LogP contribution >= 0.6 is 0 Å². The van der Waals surface area contributed by atoms with Gasteiger partial charge in [-0.05, 0) is 60.9 Å². The first-order valence-corrected chi connectivity index (χ1v) is 12.9. The lowest BCUT2D eigenvalue weighted by atomic mass is 9.88. The topological polar surface area (TPSA) is 18.5 Å². The Hall–Kier alpha value is -3.12. The number of allylic oxidation sites excluding steroid dienone is 1. The van der Waals surface area contributed by atoms with Gasteiger partial charge in [0.1, 0.15) is 0 Å². The third-order valence-electron chi connectivity index (χ3n) is 6.92. The van der Waals surface area contributed by atoms with E-state index in [1.165, 1.54) is 12.1 Å². The maximum Gasteiger partial charge on any atom is 0.201 e. The molecule has 1 aliphatic heterocycles. The molecule has 196 valence electrons. The van der Waals surface area contributed by atoms with Crippen LogP contribution in [-0.2, 0) is 4.74 Å². The molecule has 1 heterocycles. The van der Waals surface area contributed by atoms with Gasteiger partial charge in [0.15, 0.2) is 23.2 Å². The van der Waals surface area contributed by atoms with E-state index in [2.05, 4.69) is 6.58 Å². The normalized spacial score (nSPS) is 17.5. The number of halogens is 4. The van der Waals surface area contributed by atoms with Crippen molar-refractivity contribution in [2.75, 3.05) is 13.2 Å². The van der Waals surface area contributed by atoms with Gasteiger partial charge >= 0.3 is 0 Å². The van der Waals surface area contributed by atoms with Gasteiger partial charge < -0.3 is 9.47 Å². The van der Waals surface area contributed by atoms with Gasteiger partial charge in [-0.3, -0.25) is 0 Å². The Bertz CT molecular complexity index is 1210. The van der Waals surface area contributed by atoms with E-state index < -0.39 is 23.3 Å². The number of rotatable bonds is 10. The fraction of sp³-hybridized carbons (Fsp3) is 0.355. The summed E-state index contributed by atoms with van der Waals surface area (Å²) >= 11 is 0. The summed E-state index contributed by atoms with van der Waals surface area (Å²) < 4.78 is 70.6. The van der Waals surface area contributed by atoms with E-state index in [1.807, 2.05) is 13.0 Å². The van der Waals surface area contributed by atoms with E-state index in [4.69, 9.17) is 9.47 Å². The van der Waals surface area contributed by atoms with Crippen molar-refractivity contribution in [1.29, 1.82) is 0 Å². The number of ether oxygens (including phenoxy) is 2. The van der Waals surface area contributed by atoms with E-state index in [0.717, 1.165) is 38.5 Å². The van der Waals surface area contributed by atoms with Crippen molar-refractivity contribution >= 4 is 0 Å². The zero-order chi connectivity index (χ0) is 26.4. The van der Waals surface area contributed by atoms with Crippen LogP contribution in [-0.4, -0.2) is 19.3 Å². The number of benzene rings is 3. The van der Waals surface area contributed by atoms with E-state index in [0.29, 0.717) is 29.9 Å². The average Bonchev–Trinajstić information content (AvgIpc) is 2.92. The molecule has 2 atom stereocenters. The zero-order valence-corrected chi connectivity index (χ0v) is 21.0. The summed E-state index contributed by atoms with van der Waals surface area (Å²) in [6.07, 6.45) is 6.89. The lowest BCUT2D eigenvalue weighted by Crippen LogP contribution is -2.25. The number of hydrogen-bond acceptors (Lipinski definition) is 2. The van der Waals surface area contributed by atoms with Crippen LogP contribution in [0.25, 0.3) is 22.3 Å². The smallest absolute Gasteiger partial charge is 0.201 e. The minimum atomic E-state index is -1.04. The molecule has 3 aromatic carbocycles. The van der Waals surface area contributed by atoms with Crippen LogP contribution in [0, 0.1) is 23.3 Å². The van der Waals surface area contributed by atoms with Gasteiger partial charge in [-0.1, -0.05) is 55.8 Å². The zero-order valence-electron chi connectivity index (χ0n) is 21.0. The van der Waals surface area contributed by atoms with Gasteiger partial charge in [0.05, 0.1) is 19.3 Å². The monoisotopic (exact) mass is 512 g/mol. The van der Waals surface area contributed by atoms with Crippen LogP contribution in [0.5, 0.6) is 5.75 Å². The Morgan fingerprint density at radius 3 is 2.11 bits per heavy atom. The molecule has 0 bridgehead atoms. The molecule has 3 aromatic rings. The highest BCUT2D eigenvalue weighted by molar-refractivity contribution is 5.72. The summed E-state index contributed by atoms with van der Waals surface area (Å²) in [7, 11) is 0. The van der Waals surface area contributed by atoms with Crippen molar-refractivity contribution in [3.63, 3.8) is 0 Å². The fourth-order valence-corrected chi connectivity index (χ4v) is 4.71. The van der Waals surface area contributed by atoms with Crippen molar-refractivity contribution in [2.45, 2.75) is 57.5 Å². The Labute approximate surface area is 215 Å². The van der Waals surface area contributed by atoms with Crippen LogP contribution < -0.4 is 4.74 Å². The minimum Gasteiger partial charge on any atom is -0.490 e. The summed E-state index contributed by atoms with van der Waals surface area (Å²) in [6.45, 7) is 6.37. The van der Waals surface area contributed by atoms with Gasteiger partial charge in [0.2, 0.25) is 5.82 Å². The van der Waals surface area contributed by atoms with Gasteiger partial charge in [-0.15, -0.1) is 6.58 Å². The Balaban J connectivity index is 1.50. The van der Waals surface area contributed by atoms with E-state index >= 15 is 8.78 Å². The van der Waals surface area contributed by atoms with Crippen molar-refractivity contribution in [3.05, 3.63) is 90.0 Å². The second-order valence-corrected chi connectivity index (χ2v) is 9.44. The van der Waals surface area contributed by atoms with Crippen LogP contribution in [0.15, 0.2) is 61.2 Å². The summed E-state index contributed by atoms with van der Waals surface area (Å²) in [6, 6.07) is 12.3. The molecule has 1 saturated heterocycles. The second kappa shape index (κ2) is 12.4. The molecule has 0 amide bonds. The van der Waals surface area contributed by atoms with E-state index in [9.17, 15) is 8.78 Å². The Morgan fingerprint density at radius 1 is 0.865 bits per heavy atom.